The van der Waals surface area contributed by atoms with Gasteiger partial charge in [0.15, 0.2) is 13.1 Å². The molecular weight excluding hydrogens is 386 g/mol. The van der Waals surface area contributed by atoms with Gasteiger partial charge in [-0.3, -0.25) is 9.59 Å². The van der Waals surface area contributed by atoms with E-state index in [9.17, 15) is 9.59 Å². The predicted octanol–water partition coefficient (Wildman–Crippen LogP) is -0.671. The smallest absolute Gasteiger partial charge is 0.279 e. The summed E-state index contributed by atoms with van der Waals surface area (Å²) in [6.07, 6.45) is 0.995. The van der Waals surface area contributed by atoms with Crippen molar-refractivity contribution in [3.05, 3.63) is 24.3 Å². The minimum absolute atomic E-state index is 0.0149. The summed E-state index contributed by atoms with van der Waals surface area (Å²) in [4.78, 5) is 28.2. The number of benzene rings is 1. The third-order valence-electron chi connectivity index (χ3n) is 4.68. The van der Waals surface area contributed by atoms with E-state index in [1.165, 1.54) is 21.6 Å². The van der Waals surface area contributed by atoms with Gasteiger partial charge in [-0.25, -0.2) is 0 Å². The number of hydrogen-bond donors (Lipinski definition) is 4. The molecule has 2 rings (SSSR count). The molecule has 1 aromatic carbocycles. The van der Waals surface area contributed by atoms with Crippen molar-refractivity contribution >= 4 is 29.3 Å². The highest BCUT2D eigenvalue weighted by molar-refractivity contribution is 7.99. The molecule has 0 saturated carbocycles. The van der Waals surface area contributed by atoms with E-state index in [2.05, 4.69) is 16.7 Å². The second kappa shape index (κ2) is 11.2. The molecule has 8 heteroatoms. The predicted molar refractivity (Wildman–Crippen MR) is 115 cm³/mol. The Labute approximate surface area is 177 Å². The quantitative estimate of drug-likeness (QED) is 0.441. The Morgan fingerprint density at radius 3 is 2.31 bits per heavy atom. The summed E-state index contributed by atoms with van der Waals surface area (Å²) in [5.41, 5.74) is 0.553. The van der Waals surface area contributed by atoms with Crippen molar-refractivity contribution in [2.75, 3.05) is 50.3 Å². The van der Waals surface area contributed by atoms with Crippen LogP contribution >= 0.6 is 11.8 Å². The van der Waals surface area contributed by atoms with Crippen LogP contribution in [0.15, 0.2) is 29.2 Å². The average Bonchev–Trinajstić information content (AvgIpc) is 2.84. The number of hydrogen-bond acceptors (Lipinski definition) is 4. The molecule has 0 aromatic heterocycles. The first-order valence-electron chi connectivity index (χ1n) is 10.1. The number of quaternary nitrogens is 2. The van der Waals surface area contributed by atoms with Crippen molar-refractivity contribution in [1.29, 1.82) is 5.26 Å². The van der Waals surface area contributed by atoms with Crippen molar-refractivity contribution in [2.24, 2.45) is 0 Å². The highest BCUT2D eigenvalue weighted by Gasteiger charge is 2.25. The monoisotopic (exact) mass is 419 g/mol. The fourth-order valence-corrected chi connectivity index (χ4v) is 4.13. The molecule has 7 nitrogen and oxygen atoms in total. The summed E-state index contributed by atoms with van der Waals surface area (Å²) in [7, 11) is 0. The van der Waals surface area contributed by atoms with Gasteiger partial charge in [-0.1, -0.05) is 12.1 Å². The zero-order chi connectivity index (χ0) is 21.3. The molecule has 1 heterocycles. The van der Waals surface area contributed by atoms with Crippen LogP contribution < -0.4 is 20.4 Å². The van der Waals surface area contributed by atoms with E-state index in [0.717, 1.165) is 43.2 Å². The number of nitrogens with zero attached hydrogens (tertiary/aromatic N) is 1. The lowest BCUT2D eigenvalue weighted by Crippen LogP contribution is -3.18. The molecule has 1 aliphatic rings. The minimum Gasteiger partial charge on any atom is -0.347 e. The number of carbonyl (C=O) groups excluding carboxylic acids is 2. The van der Waals surface area contributed by atoms with Crippen LogP contribution in [0.3, 0.4) is 0 Å². The second-order valence-electron chi connectivity index (χ2n) is 8.50. The first-order valence-corrected chi connectivity index (χ1v) is 11.1. The largest absolute Gasteiger partial charge is 0.347 e. The maximum Gasteiger partial charge on any atom is 0.279 e. The Morgan fingerprint density at radius 2 is 1.69 bits per heavy atom. The lowest BCUT2D eigenvalue weighted by Gasteiger charge is -2.22. The van der Waals surface area contributed by atoms with Crippen LogP contribution in [0.25, 0.3) is 0 Å². The molecule has 1 aromatic rings. The van der Waals surface area contributed by atoms with Gasteiger partial charge in [0.05, 0.1) is 30.6 Å². The highest BCUT2D eigenvalue weighted by Crippen LogP contribution is 2.26. The third kappa shape index (κ3) is 8.86. The SMILES string of the molecule is CC(C)(C)NC(=O)C[NH+]1CCC[NH+](CC(=O)Nc2ccccc2SCC#N)CC1. The maximum atomic E-state index is 12.6. The minimum atomic E-state index is -0.209. The second-order valence-corrected chi connectivity index (χ2v) is 9.51. The number of rotatable bonds is 7. The third-order valence-corrected chi connectivity index (χ3v) is 5.62. The van der Waals surface area contributed by atoms with Crippen molar-refractivity contribution < 1.29 is 19.4 Å². The van der Waals surface area contributed by atoms with E-state index in [0.29, 0.717) is 18.8 Å². The van der Waals surface area contributed by atoms with Crippen molar-refractivity contribution in [3.8, 4) is 6.07 Å². The Balaban J connectivity index is 1.82. The Hall–Kier alpha value is -2.08. The number of amides is 2. The molecule has 2 atom stereocenters. The normalized spacial score (nSPS) is 19.7. The van der Waals surface area contributed by atoms with Gasteiger partial charge in [0.2, 0.25) is 0 Å². The van der Waals surface area contributed by atoms with E-state index in [4.69, 9.17) is 5.26 Å². The van der Waals surface area contributed by atoms with E-state index < -0.39 is 0 Å². The molecule has 0 bridgehead atoms. The summed E-state index contributed by atoms with van der Waals surface area (Å²) in [6.45, 7) is 10.5. The van der Waals surface area contributed by atoms with Crippen LogP contribution in [0.5, 0.6) is 0 Å². The van der Waals surface area contributed by atoms with Gasteiger partial charge in [-0.2, -0.15) is 5.26 Å². The molecular formula is C21H33N5O2S+2. The van der Waals surface area contributed by atoms with Gasteiger partial charge in [-0.15, -0.1) is 11.8 Å². The lowest BCUT2D eigenvalue weighted by atomic mass is 10.1. The van der Waals surface area contributed by atoms with Crippen LogP contribution in [0, 0.1) is 11.3 Å². The van der Waals surface area contributed by atoms with Crippen LogP contribution in [0.2, 0.25) is 0 Å². The molecule has 0 radical (unpaired) electrons. The summed E-state index contributed by atoms with van der Waals surface area (Å²) in [6, 6.07) is 9.69. The molecule has 158 valence electrons. The van der Waals surface area contributed by atoms with Gasteiger partial charge in [0.1, 0.15) is 13.1 Å². The molecule has 2 unspecified atom stereocenters. The Bertz CT molecular complexity index is 741. The molecule has 29 heavy (non-hydrogen) atoms. The summed E-state index contributed by atoms with van der Waals surface area (Å²) in [5, 5.41) is 14.8. The summed E-state index contributed by atoms with van der Waals surface area (Å²) < 4.78 is 0. The fourth-order valence-electron chi connectivity index (χ4n) is 3.46. The van der Waals surface area contributed by atoms with Crippen LogP contribution in [0.4, 0.5) is 5.69 Å². The van der Waals surface area contributed by atoms with Crippen molar-refractivity contribution in [1.82, 2.24) is 5.32 Å². The number of thioether (sulfide) groups is 1. The van der Waals surface area contributed by atoms with Crippen molar-refractivity contribution in [2.45, 2.75) is 37.6 Å². The average molecular weight is 420 g/mol. The van der Waals surface area contributed by atoms with Crippen LogP contribution in [-0.2, 0) is 9.59 Å². The van der Waals surface area contributed by atoms with E-state index in [1.54, 1.807) is 0 Å². The Kier molecular flexibility index (Phi) is 8.96. The molecule has 2 amide bonds. The topological polar surface area (TPSA) is 90.9 Å². The standard InChI is InChI=1S/C21H31N5O2S/c1-21(2,3)24-20(28)16-26-11-6-10-25(12-13-26)15-19(27)23-17-7-4-5-8-18(17)29-14-9-22/h4-5,7-8H,6,10-16H2,1-3H3,(H,23,27)(H,24,28)/p+2. The number of para-hydroxylation sites is 1. The summed E-state index contributed by atoms with van der Waals surface area (Å²) >= 11 is 1.42. The van der Waals surface area contributed by atoms with Gasteiger partial charge < -0.3 is 20.4 Å². The molecule has 1 fully saturated rings. The van der Waals surface area contributed by atoms with Gasteiger partial charge in [0.25, 0.3) is 11.8 Å². The van der Waals surface area contributed by atoms with Crippen molar-refractivity contribution in [3.63, 3.8) is 0 Å². The van der Waals surface area contributed by atoms with E-state index in [-0.39, 0.29) is 17.4 Å². The molecule has 1 aliphatic heterocycles. The number of anilines is 1. The molecule has 4 N–H and O–H groups in total. The summed E-state index contributed by atoms with van der Waals surface area (Å²) in [5.74, 6) is 0.421. The number of nitriles is 1. The number of nitrogens with one attached hydrogen (secondary N) is 4. The zero-order valence-corrected chi connectivity index (χ0v) is 18.5. The van der Waals surface area contributed by atoms with Gasteiger partial charge in [0, 0.05) is 16.9 Å². The van der Waals surface area contributed by atoms with E-state index >= 15 is 0 Å². The van der Waals surface area contributed by atoms with Gasteiger partial charge in [-0.05, 0) is 32.9 Å². The Morgan fingerprint density at radius 1 is 1.07 bits per heavy atom. The molecule has 1 saturated heterocycles. The number of carbonyl (C=O) groups is 2. The fraction of sp³-hybridized carbons (Fsp3) is 0.571. The van der Waals surface area contributed by atoms with Gasteiger partial charge >= 0.3 is 0 Å². The first kappa shape index (κ1) is 23.2. The van der Waals surface area contributed by atoms with E-state index in [1.807, 2.05) is 45.0 Å². The molecule has 0 aliphatic carbocycles. The molecule has 0 spiro atoms. The zero-order valence-electron chi connectivity index (χ0n) is 17.6. The first-order chi connectivity index (χ1) is 13.8. The lowest BCUT2D eigenvalue weighted by molar-refractivity contribution is -0.930. The van der Waals surface area contributed by atoms with Crippen LogP contribution in [-0.4, -0.2) is 62.4 Å². The maximum absolute atomic E-state index is 12.6. The highest BCUT2D eigenvalue weighted by atomic mass is 32.2. The van der Waals surface area contributed by atoms with Crippen LogP contribution in [0.1, 0.15) is 27.2 Å².